The maximum atomic E-state index is 13.4. The molecule has 2 heterocycles. The Morgan fingerprint density at radius 2 is 1.94 bits per heavy atom. The van der Waals surface area contributed by atoms with E-state index in [2.05, 4.69) is 4.98 Å². The first-order valence-corrected chi connectivity index (χ1v) is 9.98. The van der Waals surface area contributed by atoms with E-state index in [1.54, 1.807) is 67.0 Å². The van der Waals surface area contributed by atoms with E-state index in [4.69, 9.17) is 16.3 Å². The summed E-state index contributed by atoms with van der Waals surface area (Å²) in [5.41, 5.74) is 1.57. The third-order valence-electron chi connectivity index (χ3n) is 5.15. The van der Waals surface area contributed by atoms with Crippen molar-refractivity contribution < 1.29 is 24.4 Å². The van der Waals surface area contributed by atoms with Crippen LogP contribution in [0.2, 0.25) is 5.02 Å². The molecule has 1 aliphatic heterocycles. The second-order valence-corrected chi connectivity index (χ2v) is 7.54. The molecule has 0 spiro atoms. The molecule has 4 rings (SSSR count). The highest BCUT2D eigenvalue weighted by Crippen LogP contribution is 2.40. The molecule has 1 unspecified atom stereocenters. The van der Waals surface area contributed by atoms with Crippen molar-refractivity contribution >= 4 is 29.1 Å². The van der Waals surface area contributed by atoms with Crippen LogP contribution in [-0.4, -0.2) is 23.7 Å². The predicted molar refractivity (Wildman–Crippen MR) is 113 cm³/mol. The molecule has 0 aliphatic carbocycles. The Morgan fingerprint density at radius 3 is 2.65 bits per heavy atom. The number of carbonyl (C=O) groups excluding carboxylic acids is 2. The van der Waals surface area contributed by atoms with Gasteiger partial charge < -0.3 is 14.7 Å². The van der Waals surface area contributed by atoms with E-state index in [0.29, 0.717) is 16.3 Å². The van der Waals surface area contributed by atoms with Gasteiger partial charge >= 0.3 is 0 Å². The number of likely N-dealkylation sites (tertiary alicyclic amines) is 1. The molecule has 1 saturated heterocycles. The van der Waals surface area contributed by atoms with Crippen molar-refractivity contribution in [3.63, 3.8) is 0 Å². The van der Waals surface area contributed by atoms with Crippen LogP contribution in [0.5, 0.6) is 5.75 Å². The minimum absolute atomic E-state index is 0.0968. The molecule has 31 heavy (non-hydrogen) atoms. The molecule has 1 atom stereocenters. The fraction of sp³-hybridized carbons (Fsp3) is 0.125. The van der Waals surface area contributed by atoms with Gasteiger partial charge in [-0.25, -0.2) is 4.98 Å². The Hall–Kier alpha value is -3.64. The predicted octanol–water partition coefficient (Wildman–Crippen LogP) is 2.59. The highest BCUT2D eigenvalue weighted by atomic mass is 35.5. The fourth-order valence-electron chi connectivity index (χ4n) is 3.70. The number of pyridine rings is 1. The second kappa shape index (κ2) is 8.62. The molecular weight excluding hydrogens is 416 g/mol. The van der Waals surface area contributed by atoms with Crippen LogP contribution < -0.4 is 14.8 Å². The average Bonchev–Trinajstić information content (AvgIpc) is 3.04. The molecule has 156 valence electrons. The Morgan fingerprint density at radius 1 is 1.13 bits per heavy atom. The SMILES string of the molecule is COc1cccc(C([O-])=C2C(=O)C(=O)N(Cc3ccc[nH+]c3)C2c2cccc(Cl)c2)c1. The summed E-state index contributed by atoms with van der Waals surface area (Å²) < 4.78 is 5.20. The fourth-order valence-corrected chi connectivity index (χ4v) is 3.90. The van der Waals surface area contributed by atoms with Crippen LogP contribution in [0.1, 0.15) is 22.7 Å². The van der Waals surface area contributed by atoms with Crippen LogP contribution in [0.3, 0.4) is 0 Å². The molecule has 6 nitrogen and oxygen atoms in total. The lowest BCUT2D eigenvalue weighted by Gasteiger charge is -2.27. The lowest BCUT2D eigenvalue weighted by molar-refractivity contribution is -0.378. The lowest BCUT2D eigenvalue weighted by Crippen LogP contribution is -2.29. The molecule has 1 aromatic heterocycles. The summed E-state index contributed by atoms with van der Waals surface area (Å²) >= 11 is 6.18. The maximum Gasteiger partial charge on any atom is 0.295 e. The summed E-state index contributed by atoms with van der Waals surface area (Å²) in [6, 6.07) is 16.2. The maximum absolute atomic E-state index is 13.4. The minimum Gasteiger partial charge on any atom is -0.872 e. The summed E-state index contributed by atoms with van der Waals surface area (Å²) in [6.45, 7) is 0.161. The van der Waals surface area contributed by atoms with Crippen molar-refractivity contribution in [2.45, 2.75) is 12.6 Å². The Balaban J connectivity index is 1.87. The van der Waals surface area contributed by atoms with Crippen molar-refractivity contribution in [1.29, 1.82) is 0 Å². The Bertz CT molecular complexity index is 1180. The number of aromatic nitrogens is 1. The van der Waals surface area contributed by atoms with E-state index in [1.165, 1.54) is 12.0 Å². The number of hydrogen-bond donors (Lipinski definition) is 0. The zero-order valence-electron chi connectivity index (χ0n) is 16.7. The van der Waals surface area contributed by atoms with Crippen LogP contribution in [0.15, 0.2) is 78.6 Å². The first-order valence-electron chi connectivity index (χ1n) is 9.61. The van der Waals surface area contributed by atoms with E-state index < -0.39 is 23.5 Å². The van der Waals surface area contributed by atoms with E-state index in [-0.39, 0.29) is 17.7 Å². The number of carbonyl (C=O) groups is 2. The number of nitrogens with one attached hydrogen (secondary N) is 1. The number of ether oxygens (including phenoxy) is 1. The van der Waals surface area contributed by atoms with Gasteiger partial charge in [-0.1, -0.05) is 41.6 Å². The number of H-pyrrole nitrogens is 1. The summed E-state index contributed by atoms with van der Waals surface area (Å²) in [5.74, 6) is -1.55. The monoisotopic (exact) mass is 434 g/mol. The molecule has 0 saturated carbocycles. The molecule has 1 fully saturated rings. The molecule has 1 aliphatic rings. The largest absolute Gasteiger partial charge is 0.872 e. The molecule has 1 N–H and O–H groups in total. The number of halogens is 1. The van der Waals surface area contributed by atoms with Gasteiger partial charge in [-0.2, -0.15) is 0 Å². The number of methoxy groups -OCH3 is 1. The number of ketones is 1. The summed E-state index contributed by atoms with van der Waals surface area (Å²) in [4.78, 5) is 30.4. The quantitative estimate of drug-likeness (QED) is 0.351. The number of amides is 1. The van der Waals surface area contributed by atoms with Gasteiger partial charge in [-0.3, -0.25) is 9.59 Å². The van der Waals surface area contributed by atoms with Gasteiger partial charge in [0.2, 0.25) is 5.78 Å². The highest BCUT2D eigenvalue weighted by molar-refractivity contribution is 6.46. The van der Waals surface area contributed by atoms with Gasteiger partial charge in [0, 0.05) is 22.2 Å². The van der Waals surface area contributed by atoms with Gasteiger partial charge in [0.1, 0.15) is 5.75 Å². The van der Waals surface area contributed by atoms with Gasteiger partial charge in [-0.05, 0) is 41.5 Å². The van der Waals surface area contributed by atoms with Crippen LogP contribution in [-0.2, 0) is 16.1 Å². The third kappa shape index (κ3) is 4.02. The number of Topliss-reactive ketones (excluding diaryl/α,β-unsaturated/α-hetero) is 1. The smallest absolute Gasteiger partial charge is 0.295 e. The van der Waals surface area contributed by atoms with E-state index in [9.17, 15) is 14.7 Å². The summed E-state index contributed by atoms with van der Waals surface area (Å²) in [7, 11) is 1.49. The third-order valence-corrected chi connectivity index (χ3v) is 5.39. The topological polar surface area (TPSA) is 83.8 Å². The van der Waals surface area contributed by atoms with Crippen molar-refractivity contribution in [2.75, 3.05) is 7.11 Å². The first kappa shape index (κ1) is 20.6. The molecule has 2 aromatic carbocycles. The van der Waals surface area contributed by atoms with E-state index in [0.717, 1.165) is 5.56 Å². The standard InChI is InChI=1S/C24H19ClN2O4/c1-31-19-9-3-7-17(12-19)22(28)20-21(16-6-2-8-18(25)11-16)27(24(30)23(20)29)14-15-5-4-10-26-13-15/h2-13,21,28H,14H2,1H3. The van der Waals surface area contributed by atoms with Crippen molar-refractivity contribution in [3.05, 3.63) is 100 Å². The number of hydrogen-bond acceptors (Lipinski definition) is 4. The summed E-state index contributed by atoms with van der Waals surface area (Å²) in [6.07, 6.45) is 3.49. The number of benzene rings is 2. The van der Waals surface area contributed by atoms with E-state index >= 15 is 0 Å². The zero-order chi connectivity index (χ0) is 22.0. The van der Waals surface area contributed by atoms with Crippen LogP contribution in [0.25, 0.3) is 5.76 Å². The number of aromatic amines is 1. The van der Waals surface area contributed by atoms with E-state index in [1.807, 2.05) is 6.07 Å². The van der Waals surface area contributed by atoms with Gasteiger partial charge in [0.05, 0.1) is 19.7 Å². The average molecular weight is 435 g/mol. The Labute approximate surface area is 184 Å². The minimum atomic E-state index is -0.849. The Kier molecular flexibility index (Phi) is 5.73. The second-order valence-electron chi connectivity index (χ2n) is 7.11. The summed E-state index contributed by atoms with van der Waals surface area (Å²) in [5, 5.41) is 13.9. The number of nitrogens with zero attached hydrogens (tertiary/aromatic N) is 1. The molecule has 0 bridgehead atoms. The van der Waals surface area contributed by atoms with Gasteiger partial charge in [0.25, 0.3) is 5.91 Å². The molecule has 7 heteroatoms. The van der Waals surface area contributed by atoms with Crippen LogP contribution in [0.4, 0.5) is 0 Å². The van der Waals surface area contributed by atoms with Crippen LogP contribution >= 0.6 is 11.6 Å². The van der Waals surface area contributed by atoms with Crippen LogP contribution in [0, 0.1) is 0 Å². The first-order chi connectivity index (χ1) is 15.0. The van der Waals surface area contributed by atoms with Gasteiger partial charge in [-0.15, -0.1) is 0 Å². The normalized spacial score (nSPS) is 17.7. The van der Waals surface area contributed by atoms with Gasteiger partial charge in [0.15, 0.2) is 12.4 Å². The van der Waals surface area contributed by atoms with Crippen molar-refractivity contribution in [3.8, 4) is 5.75 Å². The molecular formula is C24H19ClN2O4. The molecule has 3 aromatic rings. The molecule has 0 radical (unpaired) electrons. The molecule has 1 amide bonds. The highest BCUT2D eigenvalue weighted by Gasteiger charge is 2.44. The lowest BCUT2D eigenvalue weighted by atomic mass is 9.95. The van der Waals surface area contributed by atoms with Crippen molar-refractivity contribution in [1.82, 2.24) is 4.90 Å². The van der Waals surface area contributed by atoms with Crippen molar-refractivity contribution in [2.24, 2.45) is 0 Å². The number of rotatable bonds is 5. The zero-order valence-corrected chi connectivity index (χ0v) is 17.4.